The van der Waals surface area contributed by atoms with E-state index in [2.05, 4.69) is 20.8 Å². The van der Waals surface area contributed by atoms with Crippen LogP contribution >= 0.6 is 0 Å². The Bertz CT molecular complexity index is 440. The van der Waals surface area contributed by atoms with Crippen LogP contribution in [0.25, 0.3) is 0 Å². The van der Waals surface area contributed by atoms with Crippen molar-refractivity contribution in [1.82, 2.24) is 9.80 Å². The van der Waals surface area contributed by atoms with Gasteiger partial charge in [0.1, 0.15) is 6.10 Å². The lowest BCUT2D eigenvalue weighted by Gasteiger charge is -2.38. The first-order valence-corrected chi connectivity index (χ1v) is 9.43. The number of hydrogen-bond donors (Lipinski definition) is 1. The summed E-state index contributed by atoms with van der Waals surface area (Å²) < 4.78 is 0. The smallest absolute Gasteiger partial charge is 0.251 e. The predicted molar refractivity (Wildman–Crippen MR) is 94.4 cm³/mol. The van der Waals surface area contributed by atoms with Crippen LogP contribution in [0.1, 0.15) is 59.8 Å². The normalized spacial score (nSPS) is 27.0. The molecule has 1 aliphatic heterocycles. The van der Waals surface area contributed by atoms with E-state index in [1.807, 2.05) is 4.90 Å². The minimum absolute atomic E-state index is 0.234. The number of nitrogens with zero attached hydrogens (tertiary/aromatic N) is 2. The van der Waals surface area contributed by atoms with Crippen LogP contribution in [0.5, 0.6) is 0 Å². The average molecular weight is 338 g/mol. The number of aliphatic hydroxyl groups excluding tert-OH is 1. The molecule has 1 aliphatic carbocycles. The van der Waals surface area contributed by atoms with Crippen LogP contribution in [0.2, 0.25) is 0 Å². The molecule has 1 saturated carbocycles. The van der Waals surface area contributed by atoms with Gasteiger partial charge < -0.3 is 14.9 Å². The summed E-state index contributed by atoms with van der Waals surface area (Å²) in [6.45, 7) is 10.7. The van der Waals surface area contributed by atoms with E-state index in [1.165, 1.54) is 19.8 Å². The first kappa shape index (κ1) is 19.2. The Kier molecular flexibility index (Phi) is 6.29. The van der Waals surface area contributed by atoms with Gasteiger partial charge in [0, 0.05) is 32.6 Å². The molecule has 2 aliphatic rings. The lowest BCUT2D eigenvalue weighted by atomic mass is 9.69. The first-order valence-electron chi connectivity index (χ1n) is 9.43. The maximum Gasteiger partial charge on any atom is 0.251 e. The van der Waals surface area contributed by atoms with Crippen molar-refractivity contribution in [2.24, 2.45) is 17.3 Å². The number of carbonyl (C=O) groups is 2. The van der Waals surface area contributed by atoms with E-state index in [4.69, 9.17) is 0 Å². The van der Waals surface area contributed by atoms with Crippen LogP contribution in [-0.4, -0.2) is 59.0 Å². The zero-order valence-corrected chi connectivity index (χ0v) is 15.8. The molecular weight excluding hydrogens is 304 g/mol. The molecule has 1 saturated heterocycles. The molecule has 5 heteroatoms. The quantitative estimate of drug-likeness (QED) is 0.859. The summed E-state index contributed by atoms with van der Waals surface area (Å²) in [6.07, 6.45) is 4.49. The third kappa shape index (κ3) is 4.95. The highest BCUT2D eigenvalue weighted by atomic mass is 16.3. The molecule has 138 valence electrons. The second-order valence-corrected chi connectivity index (χ2v) is 8.67. The van der Waals surface area contributed by atoms with E-state index < -0.39 is 6.10 Å². The highest BCUT2D eigenvalue weighted by molar-refractivity contribution is 5.81. The standard InChI is InChI=1S/C19H34N2O3/c1-14(22)18(24)21-11-9-20(10-12-21)17(23)13-15-5-7-16(8-6-15)19(2,3)4/h14-16,22H,5-13H2,1-4H3/t14-,15?,16?/m1/s1. The fraction of sp³-hybridized carbons (Fsp3) is 0.895. The van der Waals surface area contributed by atoms with Gasteiger partial charge in [0.2, 0.25) is 5.91 Å². The van der Waals surface area contributed by atoms with Crippen LogP contribution in [0.3, 0.4) is 0 Å². The number of hydrogen-bond acceptors (Lipinski definition) is 3. The zero-order chi connectivity index (χ0) is 17.9. The Morgan fingerprint density at radius 2 is 1.50 bits per heavy atom. The molecule has 0 aromatic heterocycles. The van der Waals surface area contributed by atoms with Crippen LogP contribution in [-0.2, 0) is 9.59 Å². The predicted octanol–water partition coefficient (Wildman–Crippen LogP) is 2.28. The number of amides is 2. The summed E-state index contributed by atoms with van der Waals surface area (Å²) in [4.78, 5) is 27.8. The fourth-order valence-electron chi connectivity index (χ4n) is 4.05. The third-order valence-electron chi connectivity index (χ3n) is 5.84. The van der Waals surface area contributed by atoms with Crippen LogP contribution < -0.4 is 0 Å². The maximum atomic E-state index is 12.5. The minimum Gasteiger partial charge on any atom is -0.384 e. The Hall–Kier alpha value is -1.10. The molecule has 1 atom stereocenters. The van der Waals surface area contributed by atoms with Gasteiger partial charge in [-0.05, 0) is 49.9 Å². The maximum absolute atomic E-state index is 12.5. The molecule has 0 aromatic rings. The lowest BCUT2D eigenvalue weighted by molar-refractivity contribution is -0.145. The molecule has 5 nitrogen and oxygen atoms in total. The van der Waals surface area contributed by atoms with Gasteiger partial charge in [-0.3, -0.25) is 9.59 Å². The highest BCUT2D eigenvalue weighted by Crippen LogP contribution is 2.40. The van der Waals surface area contributed by atoms with Gasteiger partial charge in [-0.15, -0.1) is 0 Å². The summed E-state index contributed by atoms with van der Waals surface area (Å²) in [5.41, 5.74) is 0.377. The summed E-state index contributed by atoms with van der Waals surface area (Å²) in [7, 11) is 0. The second kappa shape index (κ2) is 7.85. The van der Waals surface area contributed by atoms with Crippen LogP contribution in [0, 0.1) is 17.3 Å². The number of rotatable bonds is 3. The topological polar surface area (TPSA) is 60.9 Å². The van der Waals surface area contributed by atoms with Crippen molar-refractivity contribution in [3.05, 3.63) is 0 Å². The third-order valence-corrected chi connectivity index (χ3v) is 5.84. The van der Waals surface area contributed by atoms with Crippen molar-refractivity contribution in [2.75, 3.05) is 26.2 Å². The van der Waals surface area contributed by atoms with Gasteiger partial charge in [-0.25, -0.2) is 0 Å². The molecule has 0 bridgehead atoms. The molecule has 2 fully saturated rings. The molecule has 24 heavy (non-hydrogen) atoms. The molecule has 0 aromatic carbocycles. The van der Waals surface area contributed by atoms with Gasteiger partial charge >= 0.3 is 0 Å². The molecule has 2 rings (SSSR count). The summed E-state index contributed by atoms with van der Waals surface area (Å²) in [6, 6.07) is 0. The molecule has 0 unspecified atom stereocenters. The Morgan fingerprint density at radius 1 is 1.00 bits per heavy atom. The van der Waals surface area contributed by atoms with Gasteiger partial charge in [-0.1, -0.05) is 20.8 Å². The van der Waals surface area contributed by atoms with Crippen molar-refractivity contribution in [2.45, 2.75) is 65.9 Å². The van der Waals surface area contributed by atoms with Crippen molar-refractivity contribution in [1.29, 1.82) is 0 Å². The SMILES string of the molecule is C[C@@H](O)C(=O)N1CCN(C(=O)CC2CCC(C(C)(C)C)CC2)CC1. The molecule has 1 N–H and O–H groups in total. The van der Waals surface area contributed by atoms with Crippen molar-refractivity contribution < 1.29 is 14.7 Å². The second-order valence-electron chi connectivity index (χ2n) is 8.67. The van der Waals surface area contributed by atoms with E-state index in [-0.39, 0.29) is 11.8 Å². The lowest BCUT2D eigenvalue weighted by Crippen LogP contribution is -2.52. The molecule has 2 amide bonds. The number of piperazine rings is 1. The molecule has 1 heterocycles. The van der Waals surface area contributed by atoms with Crippen molar-refractivity contribution in [3.8, 4) is 0 Å². The molecule has 0 radical (unpaired) electrons. The van der Waals surface area contributed by atoms with E-state index in [0.29, 0.717) is 43.9 Å². The van der Waals surface area contributed by atoms with Crippen molar-refractivity contribution in [3.63, 3.8) is 0 Å². The molecule has 0 spiro atoms. The summed E-state index contributed by atoms with van der Waals surface area (Å²) in [5.74, 6) is 1.30. The van der Waals surface area contributed by atoms with Gasteiger partial charge in [0.25, 0.3) is 5.91 Å². The van der Waals surface area contributed by atoms with E-state index >= 15 is 0 Å². The van der Waals surface area contributed by atoms with Gasteiger partial charge in [0.15, 0.2) is 0 Å². The zero-order valence-electron chi connectivity index (χ0n) is 15.8. The number of aliphatic hydroxyl groups is 1. The minimum atomic E-state index is -0.953. The van der Waals surface area contributed by atoms with E-state index in [0.717, 1.165) is 18.8 Å². The van der Waals surface area contributed by atoms with Crippen molar-refractivity contribution >= 4 is 11.8 Å². The summed E-state index contributed by atoms with van der Waals surface area (Å²) >= 11 is 0. The molecular formula is C19H34N2O3. The Labute approximate surface area is 146 Å². The van der Waals surface area contributed by atoms with Gasteiger partial charge in [-0.2, -0.15) is 0 Å². The fourth-order valence-corrected chi connectivity index (χ4v) is 4.05. The Balaban J connectivity index is 1.74. The Morgan fingerprint density at radius 3 is 1.96 bits per heavy atom. The monoisotopic (exact) mass is 338 g/mol. The van der Waals surface area contributed by atoms with E-state index in [9.17, 15) is 14.7 Å². The van der Waals surface area contributed by atoms with Crippen LogP contribution in [0.4, 0.5) is 0 Å². The van der Waals surface area contributed by atoms with Crippen LogP contribution in [0.15, 0.2) is 0 Å². The number of carbonyl (C=O) groups excluding carboxylic acids is 2. The summed E-state index contributed by atoms with van der Waals surface area (Å²) in [5, 5.41) is 9.37. The first-order chi connectivity index (χ1) is 11.2. The average Bonchev–Trinajstić information content (AvgIpc) is 2.54. The van der Waals surface area contributed by atoms with Gasteiger partial charge in [0.05, 0.1) is 0 Å². The largest absolute Gasteiger partial charge is 0.384 e. The van der Waals surface area contributed by atoms with E-state index in [1.54, 1.807) is 4.90 Å². The highest BCUT2D eigenvalue weighted by Gasteiger charge is 2.32.